The van der Waals surface area contributed by atoms with Crippen LogP contribution in [-0.2, 0) is 15.1 Å². The summed E-state index contributed by atoms with van der Waals surface area (Å²) in [6.45, 7) is 5.50. The molecule has 1 fully saturated rings. The number of benzene rings is 2. The highest BCUT2D eigenvalue weighted by molar-refractivity contribution is 6.30. The van der Waals surface area contributed by atoms with Crippen molar-refractivity contribution in [3.63, 3.8) is 0 Å². The summed E-state index contributed by atoms with van der Waals surface area (Å²) in [5.74, 6) is -1.09. The molecule has 0 bridgehead atoms. The Morgan fingerprint density at radius 3 is 2.38 bits per heavy atom. The molecule has 2 aromatic rings. The third-order valence-corrected chi connectivity index (χ3v) is 5.44. The van der Waals surface area contributed by atoms with E-state index in [0.29, 0.717) is 28.3 Å². The largest absolute Gasteiger partial charge is 0.340 e. The summed E-state index contributed by atoms with van der Waals surface area (Å²) in [7, 11) is 0. The zero-order valence-corrected chi connectivity index (χ0v) is 18.7. The maximum atomic E-state index is 13.0. The van der Waals surface area contributed by atoms with E-state index in [-0.39, 0.29) is 17.7 Å². The summed E-state index contributed by atoms with van der Waals surface area (Å²) < 4.78 is 0. The van der Waals surface area contributed by atoms with Crippen LogP contribution in [-0.4, -0.2) is 29.8 Å². The van der Waals surface area contributed by atoms with E-state index in [2.05, 4.69) is 21.3 Å². The number of hydrogen-bond acceptors (Lipinski definition) is 4. The van der Waals surface area contributed by atoms with E-state index in [1.54, 1.807) is 55.5 Å². The summed E-state index contributed by atoms with van der Waals surface area (Å²) in [5.41, 5.74) is 0.119. The van der Waals surface area contributed by atoms with Crippen molar-refractivity contribution in [2.75, 3.05) is 5.32 Å². The first kappa shape index (κ1) is 23.3. The van der Waals surface area contributed by atoms with Crippen LogP contribution in [0.15, 0.2) is 48.5 Å². The molecule has 9 heteroatoms. The van der Waals surface area contributed by atoms with Crippen LogP contribution < -0.4 is 21.3 Å². The summed E-state index contributed by atoms with van der Waals surface area (Å²) in [4.78, 5) is 49.4. The van der Waals surface area contributed by atoms with Crippen LogP contribution in [0.4, 0.5) is 10.5 Å². The number of amides is 5. The zero-order chi connectivity index (χ0) is 23.5. The Hall–Kier alpha value is -3.39. The fourth-order valence-corrected chi connectivity index (χ4v) is 3.56. The highest BCUT2D eigenvalue weighted by Crippen LogP contribution is 2.26. The van der Waals surface area contributed by atoms with Gasteiger partial charge in [0.15, 0.2) is 0 Å². The second-order valence-electron chi connectivity index (χ2n) is 8.27. The van der Waals surface area contributed by atoms with Crippen molar-refractivity contribution in [1.29, 1.82) is 0 Å². The van der Waals surface area contributed by atoms with E-state index in [4.69, 9.17) is 11.6 Å². The molecule has 0 radical (unpaired) electrons. The van der Waals surface area contributed by atoms with Crippen LogP contribution in [0.25, 0.3) is 0 Å². The van der Waals surface area contributed by atoms with Gasteiger partial charge in [-0.2, -0.15) is 0 Å². The lowest BCUT2D eigenvalue weighted by Crippen LogP contribution is -2.44. The molecule has 2 aromatic carbocycles. The van der Waals surface area contributed by atoms with Gasteiger partial charge in [0.2, 0.25) is 5.91 Å². The van der Waals surface area contributed by atoms with Gasteiger partial charge in [-0.1, -0.05) is 37.6 Å². The predicted molar refractivity (Wildman–Crippen MR) is 121 cm³/mol. The minimum atomic E-state index is -1.24. The lowest BCUT2D eigenvalue weighted by atomic mass is 9.92. The molecule has 0 aromatic heterocycles. The average Bonchev–Trinajstić information content (AvgIpc) is 3.00. The minimum absolute atomic E-state index is 0.152. The van der Waals surface area contributed by atoms with Gasteiger partial charge in [-0.3, -0.25) is 19.7 Å². The number of hydrogen-bond donors (Lipinski definition) is 4. The number of rotatable bonds is 7. The van der Waals surface area contributed by atoms with Crippen molar-refractivity contribution >= 4 is 41.0 Å². The van der Waals surface area contributed by atoms with E-state index in [0.717, 1.165) is 0 Å². The van der Waals surface area contributed by atoms with Gasteiger partial charge >= 0.3 is 6.03 Å². The van der Waals surface area contributed by atoms with Crippen molar-refractivity contribution in [2.24, 2.45) is 5.92 Å². The molecule has 168 valence electrons. The maximum absolute atomic E-state index is 13.0. The number of anilines is 1. The quantitative estimate of drug-likeness (QED) is 0.479. The van der Waals surface area contributed by atoms with Crippen LogP contribution in [0.2, 0.25) is 5.02 Å². The topological polar surface area (TPSA) is 116 Å². The van der Waals surface area contributed by atoms with Crippen LogP contribution in [0.5, 0.6) is 0 Å². The van der Waals surface area contributed by atoms with Crippen LogP contribution >= 0.6 is 11.6 Å². The molecule has 0 aliphatic carbocycles. The van der Waals surface area contributed by atoms with Gasteiger partial charge in [0.05, 0.1) is 0 Å². The van der Waals surface area contributed by atoms with Crippen molar-refractivity contribution in [2.45, 2.75) is 38.8 Å². The molecule has 4 N–H and O–H groups in total. The SMILES string of the molecule is CC(C)CC(NC(=O)c1ccc(Cl)cc1)C(=O)Nc1cccc(C2(C)NC(=O)NC2=O)c1. The Morgan fingerprint density at radius 2 is 1.78 bits per heavy atom. The van der Waals surface area contributed by atoms with Gasteiger partial charge in [0, 0.05) is 16.3 Å². The molecular formula is C23H25ClN4O4. The molecule has 1 aliphatic heterocycles. The smallest absolute Gasteiger partial charge is 0.322 e. The molecule has 1 heterocycles. The van der Waals surface area contributed by atoms with Crippen LogP contribution in [0.3, 0.4) is 0 Å². The first-order valence-corrected chi connectivity index (χ1v) is 10.6. The van der Waals surface area contributed by atoms with Crippen molar-refractivity contribution in [3.05, 3.63) is 64.7 Å². The number of halogens is 1. The fourth-order valence-electron chi connectivity index (χ4n) is 3.43. The lowest BCUT2D eigenvalue weighted by Gasteiger charge is -2.23. The molecular weight excluding hydrogens is 432 g/mol. The Labute approximate surface area is 191 Å². The number of nitrogens with one attached hydrogen (secondary N) is 4. The highest BCUT2D eigenvalue weighted by atomic mass is 35.5. The molecule has 1 aliphatic rings. The average molecular weight is 457 g/mol. The fraction of sp³-hybridized carbons (Fsp3) is 0.304. The molecule has 2 unspecified atom stereocenters. The molecule has 0 spiro atoms. The maximum Gasteiger partial charge on any atom is 0.322 e. The zero-order valence-electron chi connectivity index (χ0n) is 18.0. The van der Waals surface area contributed by atoms with Crippen molar-refractivity contribution < 1.29 is 19.2 Å². The van der Waals surface area contributed by atoms with Crippen molar-refractivity contribution in [1.82, 2.24) is 16.0 Å². The van der Waals surface area contributed by atoms with Crippen LogP contribution in [0, 0.1) is 5.92 Å². The number of carbonyl (C=O) groups excluding carboxylic acids is 4. The van der Waals surface area contributed by atoms with E-state index < -0.39 is 23.5 Å². The number of carbonyl (C=O) groups is 4. The standard InChI is InChI=1S/C23H25ClN4O4/c1-13(2)11-18(26-19(29)14-7-9-16(24)10-8-14)20(30)25-17-6-4-5-15(12-17)23(3)21(31)27-22(32)28-23/h4-10,12-13,18H,11H2,1-3H3,(H,25,30)(H,26,29)(H2,27,28,31,32). The summed E-state index contributed by atoms with van der Waals surface area (Å²) in [5, 5.41) is 10.9. The van der Waals surface area contributed by atoms with Crippen LogP contribution in [0.1, 0.15) is 43.1 Å². The number of imide groups is 1. The predicted octanol–water partition coefficient (Wildman–Crippen LogP) is 3.18. The second kappa shape index (κ2) is 9.40. The highest BCUT2D eigenvalue weighted by Gasteiger charge is 2.43. The summed E-state index contributed by atoms with van der Waals surface area (Å²) in [6.07, 6.45) is 0.432. The van der Waals surface area contributed by atoms with Gasteiger partial charge in [0.25, 0.3) is 11.8 Å². The number of urea groups is 1. The van der Waals surface area contributed by atoms with E-state index >= 15 is 0 Å². The first-order chi connectivity index (χ1) is 15.1. The monoisotopic (exact) mass is 456 g/mol. The summed E-state index contributed by atoms with van der Waals surface area (Å²) in [6, 6.07) is 11.7. The molecule has 0 saturated carbocycles. The normalized spacial score (nSPS) is 18.7. The second-order valence-corrected chi connectivity index (χ2v) is 8.70. The molecule has 1 saturated heterocycles. The van der Waals surface area contributed by atoms with Gasteiger partial charge in [-0.15, -0.1) is 0 Å². The third kappa shape index (κ3) is 5.26. The molecule has 32 heavy (non-hydrogen) atoms. The summed E-state index contributed by atoms with van der Waals surface area (Å²) >= 11 is 5.87. The van der Waals surface area contributed by atoms with Gasteiger partial charge < -0.3 is 16.0 Å². The Balaban J connectivity index is 1.76. The third-order valence-electron chi connectivity index (χ3n) is 5.19. The molecule has 3 rings (SSSR count). The van der Waals surface area contributed by atoms with Gasteiger partial charge in [0.1, 0.15) is 11.6 Å². The van der Waals surface area contributed by atoms with Gasteiger partial charge in [-0.05, 0) is 61.2 Å². The first-order valence-electron chi connectivity index (χ1n) is 10.2. The Bertz CT molecular complexity index is 1050. The Kier molecular flexibility index (Phi) is 6.84. The molecule has 8 nitrogen and oxygen atoms in total. The molecule has 2 atom stereocenters. The Morgan fingerprint density at radius 1 is 1.09 bits per heavy atom. The molecule has 5 amide bonds. The van der Waals surface area contributed by atoms with Gasteiger partial charge in [-0.25, -0.2) is 4.79 Å². The lowest BCUT2D eigenvalue weighted by molar-refractivity contribution is -0.123. The van der Waals surface area contributed by atoms with E-state index in [1.165, 1.54) is 0 Å². The van der Waals surface area contributed by atoms with E-state index in [1.807, 2.05) is 13.8 Å². The van der Waals surface area contributed by atoms with Crippen molar-refractivity contribution in [3.8, 4) is 0 Å². The van der Waals surface area contributed by atoms with E-state index in [9.17, 15) is 19.2 Å². The minimum Gasteiger partial charge on any atom is -0.340 e.